The Kier molecular flexibility index (Phi) is 4.55. The lowest BCUT2D eigenvalue weighted by Crippen LogP contribution is -2.43. The zero-order valence-corrected chi connectivity index (χ0v) is 12.7. The van der Waals surface area contributed by atoms with Gasteiger partial charge in [0.1, 0.15) is 0 Å². The van der Waals surface area contributed by atoms with Crippen molar-refractivity contribution in [3.8, 4) is 0 Å². The highest BCUT2D eigenvalue weighted by molar-refractivity contribution is 5.85. The van der Waals surface area contributed by atoms with E-state index in [4.69, 9.17) is 0 Å². The first-order valence-electron chi connectivity index (χ1n) is 7.02. The minimum atomic E-state index is 0. The SMILES string of the molecule is CC(C)NC(=O)N1C[C@H]2NCc3ccccc3[C@@H]2C1.Cl. The van der Waals surface area contributed by atoms with Crippen LogP contribution in [0.4, 0.5) is 4.79 Å². The Bertz CT molecular complexity index is 492. The van der Waals surface area contributed by atoms with Gasteiger partial charge in [-0.15, -0.1) is 12.4 Å². The van der Waals surface area contributed by atoms with E-state index in [-0.39, 0.29) is 24.5 Å². The Morgan fingerprint density at radius 3 is 2.85 bits per heavy atom. The molecule has 1 saturated heterocycles. The van der Waals surface area contributed by atoms with Crippen LogP contribution in [0.15, 0.2) is 24.3 Å². The number of likely N-dealkylation sites (tertiary alicyclic amines) is 1. The molecule has 0 bridgehead atoms. The minimum absolute atomic E-state index is 0. The molecule has 2 atom stereocenters. The van der Waals surface area contributed by atoms with Gasteiger partial charge in [-0.3, -0.25) is 0 Å². The van der Waals surface area contributed by atoms with E-state index in [0.29, 0.717) is 12.0 Å². The minimum Gasteiger partial charge on any atom is -0.336 e. The van der Waals surface area contributed by atoms with Gasteiger partial charge in [0.25, 0.3) is 0 Å². The van der Waals surface area contributed by atoms with E-state index >= 15 is 0 Å². The molecule has 0 saturated carbocycles. The van der Waals surface area contributed by atoms with Crippen molar-refractivity contribution in [2.24, 2.45) is 0 Å². The van der Waals surface area contributed by atoms with Crippen molar-refractivity contribution in [2.75, 3.05) is 13.1 Å². The number of urea groups is 1. The Balaban J connectivity index is 0.00000147. The molecule has 2 N–H and O–H groups in total. The number of rotatable bonds is 1. The molecule has 20 heavy (non-hydrogen) atoms. The van der Waals surface area contributed by atoms with Crippen LogP contribution in [0.2, 0.25) is 0 Å². The van der Waals surface area contributed by atoms with E-state index in [1.54, 1.807) is 0 Å². The van der Waals surface area contributed by atoms with Gasteiger partial charge in [0.05, 0.1) is 0 Å². The molecule has 0 aromatic heterocycles. The average molecular weight is 296 g/mol. The molecule has 0 unspecified atom stereocenters. The van der Waals surface area contributed by atoms with Crippen molar-refractivity contribution in [3.05, 3.63) is 35.4 Å². The van der Waals surface area contributed by atoms with E-state index in [0.717, 1.165) is 19.6 Å². The first kappa shape index (κ1) is 15.1. The predicted octanol–water partition coefficient (Wildman–Crippen LogP) is 2.10. The Morgan fingerprint density at radius 1 is 1.35 bits per heavy atom. The van der Waals surface area contributed by atoms with Gasteiger partial charge in [-0.05, 0) is 25.0 Å². The number of fused-ring (bicyclic) bond motifs is 3. The summed E-state index contributed by atoms with van der Waals surface area (Å²) in [5.74, 6) is 0.433. The van der Waals surface area contributed by atoms with Gasteiger partial charge in [0.2, 0.25) is 0 Å². The van der Waals surface area contributed by atoms with Crippen LogP contribution < -0.4 is 10.6 Å². The van der Waals surface area contributed by atoms with E-state index in [1.807, 2.05) is 18.7 Å². The van der Waals surface area contributed by atoms with Crippen LogP contribution in [0.25, 0.3) is 0 Å². The fraction of sp³-hybridized carbons (Fsp3) is 0.533. The number of benzene rings is 1. The summed E-state index contributed by atoms with van der Waals surface area (Å²) >= 11 is 0. The van der Waals surface area contributed by atoms with E-state index in [1.165, 1.54) is 11.1 Å². The van der Waals surface area contributed by atoms with Crippen LogP contribution in [-0.2, 0) is 6.54 Å². The maximum Gasteiger partial charge on any atom is 0.317 e. The number of carbonyl (C=O) groups is 1. The highest BCUT2D eigenvalue weighted by Gasteiger charge is 2.39. The lowest BCUT2D eigenvalue weighted by molar-refractivity contribution is 0.205. The third-order valence-corrected chi connectivity index (χ3v) is 4.03. The first-order valence-corrected chi connectivity index (χ1v) is 7.02. The van der Waals surface area contributed by atoms with Crippen LogP contribution in [0.1, 0.15) is 30.9 Å². The van der Waals surface area contributed by atoms with Crippen LogP contribution in [-0.4, -0.2) is 36.1 Å². The molecular weight excluding hydrogens is 274 g/mol. The lowest BCUT2D eigenvalue weighted by atomic mass is 9.87. The van der Waals surface area contributed by atoms with Gasteiger partial charge >= 0.3 is 6.03 Å². The zero-order valence-electron chi connectivity index (χ0n) is 11.9. The summed E-state index contributed by atoms with van der Waals surface area (Å²) in [7, 11) is 0. The summed E-state index contributed by atoms with van der Waals surface area (Å²) in [6.45, 7) is 6.52. The van der Waals surface area contributed by atoms with Gasteiger partial charge in [-0.1, -0.05) is 24.3 Å². The maximum absolute atomic E-state index is 12.1. The smallest absolute Gasteiger partial charge is 0.317 e. The van der Waals surface area contributed by atoms with Crippen molar-refractivity contribution in [1.82, 2.24) is 15.5 Å². The molecule has 3 rings (SSSR count). The average Bonchev–Trinajstić information content (AvgIpc) is 2.82. The van der Waals surface area contributed by atoms with Crippen molar-refractivity contribution >= 4 is 18.4 Å². The highest BCUT2D eigenvalue weighted by Crippen LogP contribution is 2.33. The summed E-state index contributed by atoms with van der Waals surface area (Å²) in [4.78, 5) is 14.0. The number of hydrogen-bond donors (Lipinski definition) is 2. The van der Waals surface area contributed by atoms with Gasteiger partial charge in [-0.2, -0.15) is 0 Å². The topological polar surface area (TPSA) is 44.4 Å². The highest BCUT2D eigenvalue weighted by atomic mass is 35.5. The molecule has 2 aliphatic rings. The summed E-state index contributed by atoms with van der Waals surface area (Å²) < 4.78 is 0. The normalized spacial score (nSPS) is 23.9. The number of hydrogen-bond acceptors (Lipinski definition) is 2. The fourth-order valence-corrected chi connectivity index (χ4v) is 3.13. The third kappa shape index (κ3) is 2.76. The van der Waals surface area contributed by atoms with Crippen LogP contribution in [0.3, 0.4) is 0 Å². The maximum atomic E-state index is 12.1. The molecule has 5 heteroatoms. The lowest BCUT2D eigenvalue weighted by Gasteiger charge is -2.28. The Hall–Kier alpha value is -1.26. The summed E-state index contributed by atoms with van der Waals surface area (Å²) in [6, 6.07) is 9.20. The van der Waals surface area contributed by atoms with Crippen molar-refractivity contribution in [2.45, 2.75) is 38.4 Å². The van der Waals surface area contributed by atoms with Gasteiger partial charge in [-0.25, -0.2) is 4.79 Å². The van der Waals surface area contributed by atoms with Crippen molar-refractivity contribution in [3.63, 3.8) is 0 Å². The summed E-state index contributed by atoms with van der Waals surface area (Å²) in [5, 5.41) is 6.53. The van der Waals surface area contributed by atoms with Gasteiger partial charge in [0.15, 0.2) is 0 Å². The first-order chi connectivity index (χ1) is 9.15. The predicted molar refractivity (Wildman–Crippen MR) is 82.3 cm³/mol. The van der Waals surface area contributed by atoms with E-state index in [9.17, 15) is 4.79 Å². The number of amides is 2. The van der Waals surface area contributed by atoms with Crippen LogP contribution in [0, 0.1) is 0 Å². The van der Waals surface area contributed by atoms with Gasteiger partial charge < -0.3 is 15.5 Å². The molecule has 2 aliphatic heterocycles. The second-order valence-electron chi connectivity index (χ2n) is 5.80. The Labute approximate surface area is 126 Å². The van der Waals surface area contributed by atoms with Gasteiger partial charge in [0, 0.05) is 37.6 Å². The molecule has 1 fully saturated rings. The van der Waals surface area contributed by atoms with Crippen molar-refractivity contribution < 1.29 is 4.79 Å². The molecule has 0 spiro atoms. The monoisotopic (exact) mass is 295 g/mol. The molecule has 4 nitrogen and oxygen atoms in total. The van der Waals surface area contributed by atoms with Crippen molar-refractivity contribution in [1.29, 1.82) is 0 Å². The second kappa shape index (κ2) is 6.02. The van der Waals surface area contributed by atoms with E-state index in [2.05, 4.69) is 34.9 Å². The van der Waals surface area contributed by atoms with Crippen LogP contribution >= 0.6 is 12.4 Å². The largest absolute Gasteiger partial charge is 0.336 e. The molecule has 2 heterocycles. The molecular formula is C15H22ClN3O. The zero-order chi connectivity index (χ0) is 13.4. The molecule has 2 amide bonds. The number of nitrogens with one attached hydrogen (secondary N) is 2. The standard InChI is InChI=1S/C15H21N3O.ClH/c1-10(2)17-15(19)18-8-13-12-6-4-3-5-11(12)7-16-14(13)9-18;/h3-6,10,13-14,16H,7-9H2,1-2H3,(H,17,19);1H/t13-,14+;/m0./s1. The van der Waals surface area contributed by atoms with Crippen LogP contribution in [0.5, 0.6) is 0 Å². The van der Waals surface area contributed by atoms with E-state index < -0.39 is 0 Å². The number of halogens is 1. The molecule has 1 aromatic carbocycles. The molecule has 0 radical (unpaired) electrons. The number of carbonyl (C=O) groups excluding carboxylic acids is 1. The molecule has 110 valence electrons. The fourth-order valence-electron chi connectivity index (χ4n) is 3.13. The molecule has 1 aromatic rings. The Morgan fingerprint density at radius 2 is 2.10 bits per heavy atom. The second-order valence-corrected chi connectivity index (χ2v) is 5.80. The quantitative estimate of drug-likeness (QED) is 0.833. The summed E-state index contributed by atoms with van der Waals surface area (Å²) in [5.41, 5.74) is 2.78. The molecule has 0 aliphatic carbocycles. The number of nitrogens with zero attached hydrogens (tertiary/aromatic N) is 1. The summed E-state index contributed by atoms with van der Waals surface area (Å²) in [6.07, 6.45) is 0. The third-order valence-electron chi connectivity index (χ3n) is 4.03.